The van der Waals surface area contributed by atoms with E-state index >= 15 is 0 Å². The van der Waals surface area contributed by atoms with Gasteiger partial charge in [0.05, 0.1) is 23.5 Å². The van der Waals surface area contributed by atoms with Gasteiger partial charge in [0.25, 0.3) is 5.56 Å². The molecule has 1 amide bonds. The SMILES string of the molecule is CC[C@@H](Sc1ncc(S(=O)(=O)c2ccc(C)c(C)c2)c(=O)[nH]1)C(=O)Nc1ccc(OC)cc1. The van der Waals surface area contributed by atoms with Crippen LogP contribution in [0.5, 0.6) is 5.75 Å². The van der Waals surface area contributed by atoms with Crippen molar-refractivity contribution in [2.24, 2.45) is 0 Å². The average molecular weight is 488 g/mol. The number of benzene rings is 2. The van der Waals surface area contributed by atoms with Gasteiger partial charge < -0.3 is 15.0 Å². The van der Waals surface area contributed by atoms with Crippen LogP contribution in [0.3, 0.4) is 0 Å². The molecule has 3 aromatic rings. The van der Waals surface area contributed by atoms with E-state index in [4.69, 9.17) is 4.74 Å². The molecule has 0 unspecified atom stereocenters. The molecule has 0 saturated heterocycles. The summed E-state index contributed by atoms with van der Waals surface area (Å²) in [4.78, 5) is 31.5. The van der Waals surface area contributed by atoms with Gasteiger partial charge in [-0.25, -0.2) is 13.4 Å². The molecule has 2 aromatic carbocycles. The van der Waals surface area contributed by atoms with Crippen molar-refractivity contribution in [3.05, 3.63) is 70.1 Å². The van der Waals surface area contributed by atoms with E-state index in [0.717, 1.165) is 29.1 Å². The third-order valence-electron chi connectivity index (χ3n) is 5.10. The van der Waals surface area contributed by atoms with Crippen molar-refractivity contribution < 1.29 is 17.9 Å². The van der Waals surface area contributed by atoms with Crippen LogP contribution in [0.15, 0.2) is 68.4 Å². The number of sulfone groups is 1. The van der Waals surface area contributed by atoms with E-state index in [1.165, 1.54) is 12.1 Å². The number of hydrogen-bond acceptors (Lipinski definition) is 7. The summed E-state index contributed by atoms with van der Waals surface area (Å²) in [7, 11) is -2.47. The van der Waals surface area contributed by atoms with Gasteiger partial charge in [0.15, 0.2) is 10.1 Å². The van der Waals surface area contributed by atoms with Crippen molar-refractivity contribution in [1.82, 2.24) is 9.97 Å². The Kier molecular flexibility index (Phi) is 7.60. The number of H-pyrrole nitrogens is 1. The summed E-state index contributed by atoms with van der Waals surface area (Å²) in [5.41, 5.74) is 1.58. The largest absolute Gasteiger partial charge is 0.497 e. The van der Waals surface area contributed by atoms with Gasteiger partial charge in [0.2, 0.25) is 15.7 Å². The summed E-state index contributed by atoms with van der Waals surface area (Å²) in [6.07, 6.45) is 1.51. The van der Waals surface area contributed by atoms with Gasteiger partial charge >= 0.3 is 0 Å². The second kappa shape index (κ2) is 10.2. The lowest BCUT2D eigenvalue weighted by Gasteiger charge is -2.14. The van der Waals surface area contributed by atoms with Crippen LogP contribution in [-0.4, -0.2) is 36.7 Å². The highest BCUT2D eigenvalue weighted by Crippen LogP contribution is 2.25. The van der Waals surface area contributed by atoms with E-state index in [0.29, 0.717) is 17.9 Å². The van der Waals surface area contributed by atoms with Gasteiger partial charge in [0, 0.05) is 5.69 Å². The number of anilines is 1. The summed E-state index contributed by atoms with van der Waals surface area (Å²) >= 11 is 1.06. The molecule has 0 aliphatic carbocycles. The number of aromatic amines is 1. The highest BCUT2D eigenvalue weighted by atomic mass is 32.2. The van der Waals surface area contributed by atoms with Crippen LogP contribution in [0.1, 0.15) is 24.5 Å². The normalized spacial score (nSPS) is 12.2. The Hall–Kier alpha value is -3.11. The molecule has 3 rings (SSSR count). The van der Waals surface area contributed by atoms with Crippen LogP contribution >= 0.6 is 11.8 Å². The first-order valence-electron chi connectivity index (χ1n) is 10.2. The first-order chi connectivity index (χ1) is 15.6. The van der Waals surface area contributed by atoms with E-state index in [1.54, 1.807) is 44.4 Å². The van der Waals surface area contributed by atoms with Gasteiger partial charge in [0.1, 0.15) is 5.75 Å². The molecule has 174 valence electrons. The Balaban J connectivity index is 1.78. The van der Waals surface area contributed by atoms with Crippen LogP contribution in [0.2, 0.25) is 0 Å². The zero-order valence-electron chi connectivity index (χ0n) is 18.7. The lowest BCUT2D eigenvalue weighted by molar-refractivity contribution is -0.115. The van der Waals surface area contributed by atoms with Crippen LogP contribution in [-0.2, 0) is 14.6 Å². The van der Waals surface area contributed by atoms with E-state index in [-0.39, 0.29) is 16.0 Å². The minimum atomic E-state index is -4.03. The molecule has 0 bridgehead atoms. The molecule has 1 aromatic heterocycles. The van der Waals surface area contributed by atoms with Crippen molar-refractivity contribution >= 4 is 33.2 Å². The van der Waals surface area contributed by atoms with Crippen molar-refractivity contribution in [3.8, 4) is 5.75 Å². The summed E-state index contributed by atoms with van der Waals surface area (Å²) < 4.78 is 31.0. The number of nitrogens with one attached hydrogen (secondary N) is 2. The topological polar surface area (TPSA) is 118 Å². The van der Waals surface area contributed by atoms with E-state index in [2.05, 4.69) is 15.3 Å². The van der Waals surface area contributed by atoms with Crippen molar-refractivity contribution in [3.63, 3.8) is 0 Å². The molecule has 0 saturated carbocycles. The van der Waals surface area contributed by atoms with Crippen LogP contribution in [0.25, 0.3) is 0 Å². The summed E-state index contributed by atoms with van der Waals surface area (Å²) in [5, 5.41) is 2.43. The fraction of sp³-hybridized carbons (Fsp3) is 0.261. The molecule has 2 N–H and O–H groups in total. The predicted octanol–water partition coefficient (Wildman–Crippen LogP) is 3.74. The highest BCUT2D eigenvalue weighted by Gasteiger charge is 2.24. The second-order valence-electron chi connectivity index (χ2n) is 7.36. The molecule has 0 aliphatic rings. The van der Waals surface area contributed by atoms with Gasteiger partial charge in [-0.05, 0) is 67.8 Å². The highest BCUT2D eigenvalue weighted by molar-refractivity contribution is 8.00. The molecule has 1 heterocycles. The number of ether oxygens (including phenoxy) is 1. The lowest BCUT2D eigenvalue weighted by Crippen LogP contribution is -2.26. The molecule has 10 heteroatoms. The maximum absolute atomic E-state index is 12.9. The van der Waals surface area contributed by atoms with Crippen molar-refractivity contribution in [1.29, 1.82) is 0 Å². The van der Waals surface area contributed by atoms with Gasteiger partial charge in [-0.1, -0.05) is 24.8 Å². The Morgan fingerprint density at radius 1 is 1.15 bits per heavy atom. The zero-order chi connectivity index (χ0) is 24.2. The third kappa shape index (κ3) is 5.63. The minimum Gasteiger partial charge on any atom is -0.497 e. The molecule has 33 heavy (non-hydrogen) atoms. The number of carbonyl (C=O) groups excluding carboxylic acids is 1. The van der Waals surface area contributed by atoms with Crippen molar-refractivity contribution in [2.45, 2.75) is 47.4 Å². The fourth-order valence-corrected chi connectivity index (χ4v) is 5.17. The van der Waals surface area contributed by atoms with Crippen LogP contribution in [0.4, 0.5) is 5.69 Å². The number of aryl methyl sites for hydroxylation is 2. The molecule has 0 aliphatic heterocycles. The quantitative estimate of drug-likeness (QED) is 0.367. The predicted molar refractivity (Wildman–Crippen MR) is 128 cm³/mol. The number of methoxy groups -OCH3 is 1. The van der Waals surface area contributed by atoms with E-state index in [1.807, 2.05) is 13.8 Å². The smallest absolute Gasteiger partial charge is 0.270 e. The molecule has 0 spiro atoms. The first-order valence-corrected chi connectivity index (χ1v) is 12.5. The number of rotatable bonds is 8. The first kappa shape index (κ1) is 24.5. The summed E-state index contributed by atoms with van der Waals surface area (Å²) in [6, 6.07) is 11.6. The number of aromatic nitrogens is 2. The fourth-order valence-electron chi connectivity index (χ4n) is 2.98. The standard InChI is InChI=1S/C23H25N3O5S2/c1-5-19(21(27)25-16-7-9-17(31-4)10-8-16)32-23-24-13-20(22(28)26-23)33(29,30)18-11-6-14(2)15(3)12-18/h6-13,19H,5H2,1-4H3,(H,25,27)(H,24,26,28)/t19-/m1/s1. The Morgan fingerprint density at radius 3 is 2.42 bits per heavy atom. The summed E-state index contributed by atoms with van der Waals surface area (Å²) in [6.45, 7) is 5.52. The van der Waals surface area contributed by atoms with Gasteiger partial charge in [-0.2, -0.15) is 0 Å². The summed E-state index contributed by atoms with van der Waals surface area (Å²) in [5.74, 6) is 0.411. The van der Waals surface area contributed by atoms with Crippen LogP contribution in [0, 0.1) is 13.8 Å². The molecule has 8 nitrogen and oxygen atoms in total. The van der Waals surface area contributed by atoms with Crippen molar-refractivity contribution in [2.75, 3.05) is 12.4 Å². The molecule has 0 fully saturated rings. The number of hydrogen-bond donors (Lipinski definition) is 2. The number of amides is 1. The third-order valence-corrected chi connectivity index (χ3v) is 8.10. The Bertz CT molecular complexity index is 1320. The number of nitrogens with zero attached hydrogens (tertiary/aromatic N) is 1. The maximum Gasteiger partial charge on any atom is 0.270 e. The average Bonchev–Trinajstić information content (AvgIpc) is 2.79. The number of thioether (sulfide) groups is 1. The van der Waals surface area contributed by atoms with Gasteiger partial charge in [-0.15, -0.1) is 0 Å². The maximum atomic E-state index is 12.9. The number of carbonyl (C=O) groups is 1. The molecule has 0 radical (unpaired) electrons. The van der Waals surface area contributed by atoms with E-state index in [9.17, 15) is 18.0 Å². The lowest BCUT2D eigenvalue weighted by atomic mass is 10.1. The monoisotopic (exact) mass is 487 g/mol. The Morgan fingerprint density at radius 2 is 1.85 bits per heavy atom. The zero-order valence-corrected chi connectivity index (χ0v) is 20.3. The van der Waals surface area contributed by atoms with E-state index < -0.39 is 25.5 Å². The molecular formula is C23H25N3O5S2. The second-order valence-corrected chi connectivity index (χ2v) is 10.5. The Labute approximate surface area is 196 Å². The van der Waals surface area contributed by atoms with Crippen LogP contribution < -0.4 is 15.6 Å². The molecular weight excluding hydrogens is 462 g/mol. The molecule has 1 atom stereocenters. The minimum absolute atomic E-state index is 0.0311. The van der Waals surface area contributed by atoms with Gasteiger partial charge in [-0.3, -0.25) is 9.59 Å².